The highest BCUT2D eigenvalue weighted by atomic mass is 16.5. The lowest BCUT2D eigenvalue weighted by molar-refractivity contribution is 0.102. The van der Waals surface area contributed by atoms with Crippen molar-refractivity contribution in [1.82, 2.24) is 9.97 Å². The van der Waals surface area contributed by atoms with Crippen molar-refractivity contribution in [2.45, 2.75) is 6.54 Å². The Morgan fingerprint density at radius 3 is 2.38 bits per heavy atom. The summed E-state index contributed by atoms with van der Waals surface area (Å²) in [6.07, 6.45) is 1.53. The molecule has 0 unspecified atom stereocenters. The van der Waals surface area contributed by atoms with Crippen molar-refractivity contribution in [3.63, 3.8) is 0 Å². The van der Waals surface area contributed by atoms with Gasteiger partial charge in [-0.1, -0.05) is 12.1 Å². The minimum atomic E-state index is -0.355. The third-order valence-electron chi connectivity index (χ3n) is 4.14. The number of anilines is 2. The summed E-state index contributed by atoms with van der Waals surface area (Å²) in [5, 5.41) is 5.90. The van der Waals surface area contributed by atoms with Crippen LogP contribution in [0.15, 0.2) is 54.7 Å². The molecule has 0 saturated carbocycles. The summed E-state index contributed by atoms with van der Waals surface area (Å²) in [5.74, 6) is 1.90. The average Bonchev–Trinajstić information content (AvgIpc) is 2.78. The monoisotopic (exact) mass is 394 g/mol. The van der Waals surface area contributed by atoms with Gasteiger partial charge in [0.05, 0.1) is 21.3 Å². The fourth-order valence-corrected chi connectivity index (χ4v) is 2.60. The lowest BCUT2D eigenvalue weighted by Crippen LogP contribution is -2.15. The van der Waals surface area contributed by atoms with Crippen LogP contribution in [0.4, 0.5) is 11.6 Å². The highest BCUT2D eigenvalue weighted by Gasteiger charge is 2.11. The Labute approximate surface area is 168 Å². The van der Waals surface area contributed by atoms with Crippen LogP contribution in [0.1, 0.15) is 16.1 Å². The van der Waals surface area contributed by atoms with Gasteiger partial charge in [-0.3, -0.25) is 4.79 Å². The van der Waals surface area contributed by atoms with Crippen molar-refractivity contribution in [3.8, 4) is 17.2 Å². The maximum atomic E-state index is 12.6. The molecule has 8 nitrogen and oxygen atoms in total. The van der Waals surface area contributed by atoms with Crippen LogP contribution in [0.2, 0.25) is 0 Å². The minimum absolute atomic E-state index is 0.243. The molecule has 2 N–H and O–H groups in total. The lowest BCUT2D eigenvalue weighted by atomic mass is 10.2. The molecule has 0 bridgehead atoms. The number of nitrogens with one attached hydrogen (secondary N) is 2. The second kappa shape index (κ2) is 9.41. The molecule has 2 aromatic carbocycles. The van der Waals surface area contributed by atoms with Crippen LogP contribution in [-0.2, 0) is 6.54 Å². The van der Waals surface area contributed by atoms with Crippen LogP contribution in [-0.4, -0.2) is 37.2 Å². The van der Waals surface area contributed by atoms with E-state index in [0.29, 0.717) is 29.7 Å². The molecule has 150 valence electrons. The second-order valence-corrected chi connectivity index (χ2v) is 5.99. The van der Waals surface area contributed by atoms with Gasteiger partial charge in [-0.15, -0.1) is 0 Å². The number of hydrogen-bond acceptors (Lipinski definition) is 7. The Bertz CT molecular complexity index is 977. The van der Waals surface area contributed by atoms with E-state index < -0.39 is 0 Å². The zero-order valence-corrected chi connectivity index (χ0v) is 16.4. The van der Waals surface area contributed by atoms with Crippen LogP contribution < -0.4 is 24.8 Å². The SMILES string of the molecule is COc1ccc(CNc2nccc(C(=O)Nc3ccc(OC)c(OC)c3)n2)cc1. The van der Waals surface area contributed by atoms with E-state index in [-0.39, 0.29) is 11.6 Å². The summed E-state index contributed by atoms with van der Waals surface area (Å²) in [7, 11) is 4.71. The fraction of sp³-hybridized carbons (Fsp3) is 0.190. The van der Waals surface area contributed by atoms with Crippen LogP contribution in [0.3, 0.4) is 0 Å². The van der Waals surface area contributed by atoms with Crippen LogP contribution >= 0.6 is 0 Å². The van der Waals surface area contributed by atoms with Gasteiger partial charge in [0.2, 0.25) is 5.95 Å². The van der Waals surface area contributed by atoms with Gasteiger partial charge < -0.3 is 24.8 Å². The Morgan fingerprint density at radius 1 is 0.931 bits per heavy atom. The molecule has 0 aliphatic rings. The topological polar surface area (TPSA) is 94.6 Å². The maximum Gasteiger partial charge on any atom is 0.274 e. The van der Waals surface area contributed by atoms with Crippen molar-refractivity contribution in [3.05, 3.63) is 66.0 Å². The van der Waals surface area contributed by atoms with Crippen LogP contribution in [0.5, 0.6) is 17.2 Å². The fourth-order valence-electron chi connectivity index (χ4n) is 2.60. The first kappa shape index (κ1) is 19.9. The molecular weight excluding hydrogens is 372 g/mol. The molecule has 0 atom stereocenters. The van der Waals surface area contributed by atoms with Gasteiger partial charge in [-0.25, -0.2) is 9.97 Å². The van der Waals surface area contributed by atoms with Gasteiger partial charge in [0.25, 0.3) is 5.91 Å². The first-order chi connectivity index (χ1) is 14.1. The predicted octanol–water partition coefficient (Wildman–Crippen LogP) is 3.37. The van der Waals surface area contributed by atoms with Crippen molar-refractivity contribution in [2.75, 3.05) is 32.0 Å². The van der Waals surface area contributed by atoms with Crippen LogP contribution in [0.25, 0.3) is 0 Å². The number of carbonyl (C=O) groups excluding carboxylic acids is 1. The Morgan fingerprint density at radius 2 is 1.69 bits per heavy atom. The Kier molecular flexibility index (Phi) is 6.47. The standard InChI is InChI=1S/C21H22N4O4/c1-27-16-7-4-14(5-8-16)13-23-21-22-11-10-17(25-21)20(26)24-15-6-9-18(28-2)19(12-15)29-3/h4-12H,13H2,1-3H3,(H,24,26)(H,22,23,25). The molecule has 3 aromatic rings. The molecule has 1 heterocycles. The number of aromatic nitrogens is 2. The van der Waals surface area contributed by atoms with Gasteiger partial charge in [0.1, 0.15) is 11.4 Å². The minimum Gasteiger partial charge on any atom is -0.497 e. The molecule has 0 fully saturated rings. The predicted molar refractivity (Wildman–Crippen MR) is 110 cm³/mol. The summed E-state index contributed by atoms with van der Waals surface area (Å²) in [4.78, 5) is 21.0. The number of amides is 1. The summed E-state index contributed by atoms with van der Waals surface area (Å²) in [6, 6.07) is 14.3. The number of benzene rings is 2. The average molecular weight is 394 g/mol. The van der Waals surface area contributed by atoms with E-state index in [0.717, 1.165) is 11.3 Å². The Balaban J connectivity index is 1.65. The third kappa shape index (κ3) is 5.13. The molecule has 8 heteroatoms. The molecular formula is C21H22N4O4. The molecule has 0 saturated heterocycles. The normalized spacial score (nSPS) is 10.2. The van der Waals surface area contributed by atoms with Gasteiger partial charge >= 0.3 is 0 Å². The number of methoxy groups -OCH3 is 3. The van der Waals surface area contributed by atoms with Gasteiger partial charge in [-0.2, -0.15) is 0 Å². The quantitative estimate of drug-likeness (QED) is 0.605. The van der Waals surface area contributed by atoms with Crippen molar-refractivity contribution in [2.24, 2.45) is 0 Å². The zero-order chi connectivity index (χ0) is 20.6. The van der Waals surface area contributed by atoms with Crippen molar-refractivity contribution >= 4 is 17.5 Å². The van der Waals surface area contributed by atoms with E-state index in [2.05, 4.69) is 20.6 Å². The van der Waals surface area contributed by atoms with Gasteiger partial charge in [-0.05, 0) is 35.9 Å². The smallest absolute Gasteiger partial charge is 0.274 e. The molecule has 29 heavy (non-hydrogen) atoms. The van der Waals surface area contributed by atoms with E-state index >= 15 is 0 Å². The summed E-state index contributed by atoms with van der Waals surface area (Å²) < 4.78 is 15.6. The van der Waals surface area contributed by atoms with Crippen molar-refractivity contribution < 1.29 is 19.0 Å². The summed E-state index contributed by atoms with van der Waals surface area (Å²) >= 11 is 0. The van der Waals surface area contributed by atoms with E-state index in [1.54, 1.807) is 38.5 Å². The summed E-state index contributed by atoms with van der Waals surface area (Å²) in [6.45, 7) is 0.519. The number of ether oxygens (including phenoxy) is 3. The first-order valence-corrected chi connectivity index (χ1v) is 8.86. The Hall–Kier alpha value is -3.81. The maximum absolute atomic E-state index is 12.6. The van der Waals surface area contributed by atoms with Crippen LogP contribution in [0, 0.1) is 0 Å². The van der Waals surface area contributed by atoms with Gasteiger partial charge in [0.15, 0.2) is 11.5 Å². The molecule has 1 aromatic heterocycles. The van der Waals surface area contributed by atoms with Crippen molar-refractivity contribution in [1.29, 1.82) is 0 Å². The van der Waals surface area contributed by atoms with E-state index in [1.165, 1.54) is 13.3 Å². The molecule has 0 spiro atoms. The molecule has 0 aliphatic heterocycles. The molecule has 0 aliphatic carbocycles. The summed E-state index contributed by atoms with van der Waals surface area (Å²) in [5.41, 5.74) is 1.85. The largest absolute Gasteiger partial charge is 0.497 e. The number of rotatable bonds is 8. The second-order valence-electron chi connectivity index (χ2n) is 5.99. The van der Waals surface area contributed by atoms with E-state index in [9.17, 15) is 4.79 Å². The highest BCUT2D eigenvalue weighted by molar-refractivity contribution is 6.03. The zero-order valence-electron chi connectivity index (χ0n) is 16.4. The third-order valence-corrected chi connectivity index (χ3v) is 4.14. The van der Waals surface area contributed by atoms with E-state index in [4.69, 9.17) is 14.2 Å². The number of nitrogens with zero attached hydrogens (tertiary/aromatic N) is 2. The first-order valence-electron chi connectivity index (χ1n) is 8.86. The van der Waals surface area contributed by atoms with E-state index in [1.807, 2.05) is 24.3 Å². The molecule has 1 amide bonds. The highest BCUT2D eigenvalue weighted by Crippen LogP contribution is 2.29. The number of hydrogen-bond donors (Lipinski definition) is 2. The molecule has 3 rings (SSSR count). The van der Waals surface area contributed by atoms with Gasteiger partial charge in [0, 0.05) is 24.5 Å². The molecule has 0 radical (unpaired) electrons. The number of carbonyl (C=O) groups is 1. The lowest BCUT2D eigenvalue weighted by Gasteiger charge is -2.11.